The molecule has 4 aromatic rings. The van der Waals surface area contributed by atoms with Crippen LogP contribution in [0.5, 0.6) is 0 Å². The molecule has 0 saturated carbocycles. The molecule has 0 aliphatic carbocycles. The normalized spacial score (nSPS) is 12.6. The van der Waals surface area contributed by atoms with Gasteiger partial charge in [0.1, 0.15) is 6.04 Å². The molecule has 3 aromatic carbocycles. The Balaban J connectivity index is 1.66. The molecule has 1 aromatic heterocycles. The van der Waals surface area contributed by atoms with Crippen molar-refractivity contribution >= 4 is 33.6 Å². The lowest BCUT2D eigenvalue weighted by atomic mass is 10.00. The molecule has 1 atom stereocenters. The number of carbonyl (C=O) groups excluding carboxylic acids is 2. The number of primary amides is 1. The van der Waals surface area contributed by atoms with Gasteiger partial charge in [0, 0.05) is 17.2 Å². The summed E-state index contributed by atoms with van der Waals surface area (Å²) in [6, 6.07) is 17.6. The smallest absolute Gasteiger partial charge is 0.368 e. The molecule has 0 saturated heterocycles. The zero-order valence-electron chi connectivity index (χ0n) is 16.7. The highest BCUT2D eigenvalue weighted by molar-refractivity contribution is 6.16. The molecule has 0 fully saturated rings. The highest BCUT2D eigenvalue weighted by Gasteiger charge is 2.30. The second-order valence-corrected chi connectivity index (χ2v) is 7.35. The Morgan fingerprint density at radius 3 is 1.91 bits per heavy atom. The number of amides is 2. The summed E-state index contributed by atoms with van der Waals surface area (Å²) in [5.41, 5.74) is 6.72. The summed E-state index contributed by atoms with van der Waals surface area (Å²) >= 11 is 0. The van der Waals surface area contributed by atoms with Gasteiger partial charge in [-0.25, -0.2) is 4.98 Å². The molecule has 8 heteroatoms. The summed E-state index contributed by atoms with van der Waals surface area (Å²) in [5.74, 6) is -1.31. The maximum atomic E-state index is 13.3. The van der Waals surface area contributed by atoms with Crippen molar-refractivity contribution in [1.82, 2.24) is 10.3 Å². The molecule has 0 radical (unpaired) electrons. The second-order valence-electron chi connectivity index (χ2n) is 7.35. The lowest BCUT2D eigenvalue weighted by molar-refractivity contribution is -0.137. The van der Waals surface area contributed by atoms with Gasteiger partial charge in [-0.2, -0.15) is 13.2 Å². The maximum Gasteiger partial charge on any atom is 0.416 e. The molecular weight excluding hydrogens is 419 g/mol. The van der Waals surface area contributed by atoms with Gasteiger partial charge in [-0.15, -0.1) is 0 Å². The van der Waals surface area contributed by atoms with Crippen LogP contribution in [0.3, 0.4) is 0 Å². The van der Waals surface area contributed by atoms with Crippen molar-refractivity contribution in [3.8, 4) is 0 Å². The molecule has 0 aliphatic rings. The minimum atomic E-state index is -4.46. The molecule has 4 rings (SSSR count). The van der Waals surface area contributed by atoms with Crippen molar-refractivity contribution < 1.29 is 22.8 Å². The second kappa shape index (κ2) is 8.30. The van der Waals surface area contributed by atoms with Crippen molar-refractivity contribution in [2.45, 2.75) is 18.6 Å². The third kappa shape index (κ3) is 4.25. The fourth-order valence-electron chi connectivity index (χ4n) is 3.60. The fourth-order valence-corrected chi connectivity index (χ4v) is 3.60. The van der Waals surface area contributed by atoms with Gasteiger partial charge in [0.05, 0.1) is 22.2 Å². The predicted octanol–water partition coefficient (Wildman–Crippen LogP) is 4.23. The first-order chi connectivity index (χ1) is 15.2. The van der Waals surface area contributed by atoms with Gasteiger partial charge in [0.25, 0.3) is 5.91 Å². The van der Waals surface area contributed by atoms with E-state index >= 15 is 0 Å². The molecule has 2 amide bonds. The fraction of sp³-hybridized carbons (Fsp3) is 0.125. The summed E-state index contributed by atoms with van der Waals surface area (Å²) < 4.78 is 38.4. The van der Waals surface area contributed by atoms with Crippen LogP contribution < -0.4 is 11.1 Å². The lowest BCUT2D eigenvalue weighted by Gasteiger charge is -2.18. The molecule has 32 heavy (non-hydrogen) atoms. The quantitative estimate of drug-likeness (QED) is 0.458. The number of fused-ring (bicyclic) bond motifs is 2. The van der Waals surface area contributed by atoms with E-state index in [1.54, 1.807) is 36.4 Å². The van der Waals surface area contributed by atoms with E-state index in [0.29, 0.717) is 32.9 Å². The lowest BCUT2D eigenvalue weighted by Crippen LogP contribution is -2.46. The molecule has 0 bridgehead atoms. The summed E-state index contributed by atoms with van der Waals surface area (Å²) in [5, 5.41) is 3.87. The third-order valence-corrected chi connectivity index (χ3v) is 5.18. The van der Waals surface area contributed by atoms with E-state index < -0.39 is 29.6 Å². The Morgan fingerprint density at radius 1 is 0.875 bits per heavy atom. The Bertz CT molecular complexity index is 1260. The molecule has 1 heterocycles. The molecule has 162 valence electrons. The molecule has 0 unspecified atom stereocenters. The van der Waals surface area contributed by atoms with Crippen molar-refractivity contribution in [2.24, 2.45) is 5.73 Å². The van der Waals surface area contributed by atoms with Crippen LogP contribution in [0.4, 0.5) is 13.2 Å². The Labute approximate surface area is 181 Å². The summed E-state index contributed by atoms with van der Waals surface area (Å²) in [7, 11) is 0. The molecular formula is C24H18F3N3O2. The van der Waals surface area contributed by atoms with E-state index in [1.165, 1.54) is 12.1 Å². The Hall–Kier alpha value is -3.94. The third-order valence-electron chi connectivity index (χ3n) is 5.18. The van der Waals surface area contributed by atoms with Gasteiger partial charge in [0.15, 0.2) is 0 Å². The van der Waals surface area contributed by atoms with Crippen LogP contribution in [0, 0.1) is 0 Å². The van der Waals surface area contributed by atoms with Crippen molar-refractivity contribution in [3.05, 3.63) is 89.5 Å². The van der Waals surface area contributed by atoms with Gasteiger partial charge in [-0.05, 0) is 29.8 Å². The molecule has 5 nitrogen and oxygen atoms in total. The average molecular weight is 437 g/mol. The van der Waals surface area contributed by atoms with Gasteiger partial charge in [0.2, 0.25) is 5.91 Å². The number of halogens is 3. The molecule has 0 spiro atoms. The highest BCUT2D eigenvalue weighted by Crippen LogP contribution is 2.29. The van der Waals surface area contributed by atoms with Crippen LogP contribution in [0.25, 0.3) is 21.8 Å². The van der Waals surface area contributed by atoms with Gasteiger partial charge in [-0.3, -0.25) is 9.59 Å². The van der Waals surface area contributed by atoms with Crippen molar-refractivity contribution in [2.75, 3.05) is 0 Å². The zero-order chi connectivity index (χ0) is 22.9. The van der Waals surface area contributed by atoms with Crippen molar-refractivity contribution in [1.29, 1.82) is 0 Å². The number of carbonyl (C=O) groups is 2. The number of para-hydroxylation sites is 2. The standard InChI is InChI=1S/C24H18F3N3O2/c25-24(26,27)15-11-9-14(10-12-15)13-20(22(28)31)30-23(32)21-16-5-1-3-7-18(16)29-19-8-4-2-6-17(19)21/h1-12,20H,13H2,(H2,28,31)(H,30,32)/t20-/m0/s1. The van der Waals surface area contributed by atoms with Gasteiger partial charge < -0.3 is 11.1 Å². The number of hydrogen-bond donors (Lipinski definition) is 2. The number of hydrogen-bond acceptors (Lipinski definition) is 3. The maximum absolute atomic E-state index is 13.3. The van der Waals surface area contributed by atoms with Crippen LogP contribution in [-0.4, -0.2) is 22.8 Å². The van der Waals surface area contributed by atoms with E-state index in [2.05, 4.69) is 10.3 Å². The van der Waals surface area contributed by atoms with Crippen molar-refractivity contribution in [3.63, 3.8) is 0 Å². The average Bonchev–Trinajstić information content (AvgIpc) is 2.76. The monoisotopic (exact) mass is 437 g/mol. The first kappa shape index (κ1) is 21.3. The first-order valence-electron chi connectivity index (χ1n) is 9.78. The minimum absolute atomic E-state index is 0.0415. The number of rotatable bonds is 5. The number of nitrogens with one attached hydrogen (secondary N) is 1. The predicted molar refractivity (Wildman–Crippen MR) is 115 cm³/mol. The number of aromatic nitrogens is 1. The van der Waals surface area contributed by atoms with Gasteiger partial charge in [-0.1, -0.05) is 48.5 Å². The number of alkyl halides is 3. The largest absolute Gasteiger partial charge is 0.416 e. The van der Waals surface area contributed by atoms with E-state index in [9.17, 15) is 22.8 Å². The SMILES string of the molecule is NC(=O)[C@H](Cc1ccc(C(F)(F)F)cc1)NC(=O)c1c2ccccc2nc2ccccc12. The van der Waals surface area contributed by atoms with Crippen LogP contribution >= 0.6 is 0 Å². The van der Waals surface area contributed by atoms with Crippen LogP contribution in [0.2, 0.25) is 0 Å². The van der Waals surface area contributed by atoms with E-state index in [4.69, 9.17) is 5.73 Å². The first-order valence-corrected chi connectivity index (χ1v) is 9.78. The van der Waals surface area contributed by atoms with Crippen LogP contribution in [0.15, 0.2) is 72.8 Å². The summed E-state index contributed by atoms with van der Waals surface area (Å²) in [6.07, 6.45) is -4.50. The van der Waals surface area contributed by atoms with E-state index in [-0.39, 0.29) is 6.42 Å². The number of nitrogens with two attached hydrogens (primary N) is 1. The Kier molecular flexibility index (Phi) is 5.52. The number of nitrogens with zero attached hydrogens (tertiary/aromatic N) is 1. The minimum Gasteiger partial charge on any atom is -0.368 e. The number of pyridine rings is 1. The zero-order valence-corrected chi connectivity index (χ0v) is 16.7. The molecule has 3 N–H and O–H groups in total. The molecule has 0 aliphatic heterocycles. The van der Waals surface area contributed by atoms with Crippen LogP contribution in [-0.2, 0) is 17.4 Å². The Morgan fingerprint density at radius 2 is 1.41 bits per heavy atom. The number of benzene rings is 3. The van der Waals surface area contributed by atoms with E-state index in [1.807, 2.05) is 12.1 Å². The van der Waals surface area contributed by atoms with Crippen LogP contribution in [0.1, 0.15) is 21.5 Å². The highest BCUT2D eigenvalue weighted by atomic mass is 19.4. The van der Waals surface area contributed by atoms with E-state index in [0.717, 1.165) is 12.1 Å². The summed E-state index contributed by atoms with van der Waals surface area (Å²) in [6.45, 7) is 0. The van der Waals surface area contributed by atoms with Gasteiger partial charge >= 0.3 is 6.18 Å². The summed E-state index contributed by atoms with van der Waals surface area (Å²) in [4.78, 5) is 29.9. The topological polar surface area (TPSA) is 85.1 Å².